The Hall–Kier alpha value is -1.52. The zero-order valence-corrected chi connectivity index (χ0v) is 13.0. The fourth-order valence-corrected chi connectivity index (χ4v) is 4.68. The van der Waals surface area contributed by atoms with Crippen LogP contribution in [-0.4, -0.2) is 41.4 Å². The minimum atomic E-state index is -0.143. The molecule has 2 atom stereocenters. The lowest BCUT2D eigenvalue weighted by Crippen LogP contribution is -2.46. The number of ether oxygens (including phenoxy) is 1. The first-order valence-electron chi connectivity index (χ1n) is 8.18. The van der Waals surface area contributed by atoms with Gasteiger partial charge >= 0.3 is 0 Å². The summed E-state index contributed by atoms with van der Waals surface area (Å²) >= 11 is 0. The third-order valence-corrected chi connectivity index (χ3v) is 5.73. The van der Waals surface area contributed by atoms with Crippen molar-refractivity contribution in [1.82, 2.24) is 4.90 Å². The predicted molar refractivity (Wildman–Crippen MR) is 84.1 cm³/mol. The molecule has 2 unspecified atom stereocenters. The number of hydrogen-bond donors (Lipinski definition) is 2. The lowest BCUT2D eigenvalue weighted by molar-refractivity contribution is 0.0346. The summed E-state index contributed by atoms with van der Waals surface area (Å²) in [6.07, 6.45) is 7.60. The van der Waals surface area contributed by atoms with Crippen molar-refractivity contribution in [3.8, 4) is 11.5 Å². The summed E-state index contributed by atoms with van der Waals surface area (Å²) in [5, 5.41) is 20.0. The standard InChI is InChI=1S/C18H23NO3/c1-22-14-5-4-13-6-8-19-7-2-3-12-9-16(20)17(21)10-15(12)18(13,19)11-14/h4,9-10,14,20-21H,2-3,5-8,11H2,1H3. The molecule has 1 fully saturated rings. The average Bonchev–Trinajstić information content (AvgIpc) is 2.82. The Morgan fingerprint density at radius 2 is 2.00 bits per heavy atom. The fourth-order valence-electron chi connectivity index (χ4n) is 4.68. The van der Waals surface area contributed by atoms with Crippen molar-refractivity contribution in [3.05, 3.63) is 34.9 Å². The zero-order chi connectivity index (χ0) is 15.3. The molecule has 1 aromatic rings. The van der Waals surface area contributed by atoms with Gasteiger partial charge in [0.2, 0.25) is 0 Å². The number of fused-ring (bicyclic) bond motifs is 1. The van der Waals surface area contributed by atoms with E-state index < -0.39 is 0 Å². The van der Waals surface area contributed by atoms with Crippen LogP contribution in [0.25, 0.3) is 0 Å². The lowest BCUT2D eigenvalue weighted by atomic mass is 9.73. The molecule has 1 aliphatic carbocycles. The van der Waals surface area contributed by atoms with Crippen LogP contribution in [0.3, 0.4) is 0 Å². The van der Waals surface area contributed by atoms with Gasteiger partial charge in [-0.2, -0.15) is 0 Å². The molecule has 2 N–H and O–H groups in total. The first kappa shape index (κ1) is 14.1. The Morgan fingerprint density at radius 3 is 2.82 bits per heavy atom. The minimum absolute atomic E-state index is 0.00812. The second-order valence-corrected chi connectivity index (χ2v) is 6.73. The third kappa shape index (κ3) is 1.83. The number of benzene rings is 1. The van der Waals surface area contributed by atoms with E-state index in [2.05, 4.69) is 11.0 Å². The highest BCUT2D eigenvalue weighted by Crippen LogP contribution is 2.53. The quantitative estimate of drug-likeness (QED) is 0.618. The van der Waals surface area contributed by atoms with Gasteiger partial charge in [-0.15, -0.1) is 0 Å². The van der Waals surface area contributed by atoms with Crippen molar-refractivity contribution < 1.29 is 14.9 Å². The highest BCUT2D eigenvalue weighted by molar-refractivity contribution is 5.53. The molecule has 2 heterocycles. The molecule has 1 spiro atoms. The van der Waals surface area contributed by atoms with E-state index in [-0.39, 0.29) is 23.1 Å². The Kier molecular flexibility index (Phi) is 3.20. The smallest absolute Gasteiger partial charge is 0.157 e. The van der Waals surface area contributed by atoms with E-state index in [1.165, 1.54) is 16.7 Å². The van der Waals surface area contributed by atoms with Gasteiger partial charge in [0, 0.05) is 20.1 Å². The SMILES string of the molecule is COC1CC=C2CCN3CCCc4cc(O)c(O)cc4C23C1. The lowest BCUT2D eigenvalue weighted by Gasteiger charge is -2.44. The number of aryl methyl sites for hydroxylation is 1. The molecule has 2 aliphatic heterocycles. The van der Waals surface area contributed by atoms with Crippen molar-refractivity contribution in [2.45, 2.75) is 43.7 Å². The minimum Gasteiger partial charge on any atom is -0.504 e. The number of methoxy groups -OCH3 is 1. The first-order chi connectivity index (χ1) is 10.6. The summed E-state index contributed by atoms with van der Waals surface area (Å²) in [6, 6.07) is 3.55. The largest absolute Gasteiger partial charge is 0.504 e. The van der Waals surface area contributed by atoms with Crippen molar-refractivity contribution in [3.63, 3.8) is 0 Å². The van der Waals surface area contributed by atoms with Crippen LogP contribution < -0.4 is 0 Å². The summed E-state index contributed by atoms with van der Waals surface area (Å²) in [6.45, 7) is 2.13. The van der Waals surface area contributed by atoms with Gasteiger partial charge in [-0.05, 0) is 61.1 Å². The highest BCUT2D eigenvalue weighted by Gasteiger charge is 2.50. The Balaban J connectivity index is 1.94. The second kappa shape index (κ2) is 5.00. The molecule has 0 radical (unpaired) electrons. The molecular weight excluding hydrogens is 278 g/mol. The van der Waals surface area contributed by atoms with E-state index in [9.17, 15) is 10.2 Å². The van der Waals surface area contributed by atoms with Gasteiger partial charge < -0.3 is 14.9 Å². The molecule has 4 rings (SSSR count). The monoisotopic (exact) mass is 301 g/mol. The summed E-state index contributed by atoms with van der Waals surface area (Å²) in [5.74, 6) is -0.0213. The first-order valence-corrected chi connectivity index (χ1v) is 8.18. The van der Waals surface area contributed by atoms with Gasteiger partial charge in [0.15, 0.2) is 11.5 Å². The molecule has 4 heteroatoms. The van der Waals surface area contributed by atoms with Crippen molar-refractivity contribution in [2.24, 2.45) is 0 Å². The summed E-state index contributed by atoms with van der Waals surface area (Å²) < 4.78 is 5.67. The molecule has 1 aromatic carbocycles. The van der Waals surface area contributed by atoms with Crippen LogP contribution in [0.4, 0.5) is 0 Å². The molecule has 22 heavy (non-hydrogen) atoms. The molecule has 0 bridgehead atoms. The molecular formula is C18H23NO3. The summed E-state index contributed by atoms with van der Waals surface area (Å²) in [5.41, 5.74) is 3.66. The molecule has 0 amide bonds. The number of aromatic hydroxyl groups is 2. The Morgan fingerprint density at radius 1 is 1.18 bits per heavy atom. The van der Waals surface area contributed by atoms with E-state index >= 15 is 0 Å². The Bertz CT molecular complexity index is 639. The van der Waals surface area contributed by atoms with Crippen LogP contribution in [0.2, 0.25) is 0 Å². The fraction of sp³-hybridized carbons (Fsp3) is 0.556. The van der Waals surface area contributed by atoms with Gasteiger partial charge in [-0.25, -0.2) is 0 Å². The van der Waals surface area contributed by atoms with Crippen LogP contribution >= 0.6 is 0 Å². The summed E-state index contributed by atoms with van der Waals surface area (Å²) in [7, 11) is 1.78. The van der Waals surface area contributed by atoms with Gasteiger partial charge in [0.1, 0.15) is 0 Å². The van der Waals surface area contributed by atoms with Crippen LogP contribution in [0.15, 0.2) is 23.8 Å². The van der Waals surface area contributed by atoms with E-state index in [1.54, 1.807) is 19.2 Å². The van der Waals surface area contributed by atoms with Crippen LogP contribution in [0, 0.1) is 0 Å². The highest BCUT2D eigenvalue weighted by atomic mass is 16.5. The summed E-state index contributed by atoms with van der Waals surface area (Å²) in [4.78, 5) is 2.56. The maximum absolute atomic E-state index is 10.1. The van der Waals surface area contributed by atoms with E-state index in [1.807, 2.05) is 0 Å². The van der Waals surface area contributed by atoms with Gasteiger partial charge in [-0.1, -0.05) is 6.08 Å². The van der Waals surface area contributed by atoms with Crippen molar-refractivity contribution in [2.75, 3.05) is 20.2 Å². The topological polar surface area (TPSA) is 52.9 Å². The average molecular weight is 301 g/mol. The molecule has 0 aromatic heterocycles. The van der Waals surface area contributed by atoms with E-state index in [0.717, 1.165) is 45.2 Å². The molecule has 4 nitrogen and oxygen atoms in total. The van der Waals surface area contributed by atoms with E-state index in [0.29, 0.717) is 0 Å². The molecule has 1 saturated heterocycles. The van der Waals surface area contributed by atoms with Crippen LogP contribution in [0.5, 0.6) is 11.5 Å². The van der Waals surface area contributed by atoms with E-state index in [4.69, 9.17) is 4.74 Å². The normalized spacial score (nSPS) is 31.0. The molecule has 3 aliphatic rings. The van der Waals surface area contributed by atoms with Crippen LogP contribution in [-0.2, 0) is 16.7 Å². The zero-order valence-electron chi connectivity index (χ0n) is 13.0. The number of nitrogens with zero attached hydrogens (tertiary/aromatic N) is 1. The number of phenols is 2. The Labute approximate surface area is 131 Å². The van der Waals surface area contributed by atoms with Crippen molar-refractivity contribution in [1.29, 1.82) is 0 Å². The number of hydrogen-bond acceptors (Lipinski definition) is 4. The van der Waals surface area contributed by atoms with Gasteiger partial charge in [0.05, 0.1) is 11.6 Å². The molecule has 118 valence electrons. The number of rotatable bonds is 1. The van der Waals surface area contributed by atoms with Gasteiger partial charge in [0.25, 0.3) is 0 Å². The maximum Gasteiger partial charge on any atom is 0.157 e. The van der Waals surface area contributed by atoms with Crippen LogP contribution in [0.1, 0.15) is 36.8 Å². The van der Waals surface area contributed by atoms with Crippen molar-refractivity contribution >= 4 is 0 Å². The maximum atomic E-state index is 10.1. The predicted octanol–water partition coefficient (Wildman–Crippen LogP) is 2.68. The second-order valence-electron chi connectivity index (χ2n) is 6.73. The number of phenolic OH excluding ortho intramolecular Hbond substituents is 2. The third-order valence-electron chi connectivity index (χ3n) is 5.73. The molecule has 0 saturated carbocycles. The van der Waals surface area contributed by atoms with Gasteiger partial charge in [-0.3, -0.25) is 4.90 Å².